The van der Waals surface area contributed by atoms with Gasteiger partial charge in [0.1, 0.15) is 0 Å². The van der Waals surface area contributed by atoms with Crippen molar-refractivity contribution in [2.45, 2.75) is 20.4 Å². The van der Waals surface area contributed by atoms with Gasteiger partial charge in [-0.05, 0) is 26.0 Å². The fraction of sp³-hybridized carbons (Fsp3) is 0.545. The van der Waals surface area contributed by atoms with E-state index in [4.69, 9.17) is 4.74 Å². The van der Waals surface area contributed by atoms with E-state index in [2.05, 4.69) is 15.5 Å². The Labute approximate surface area is 95.2 Å². The van der Waals surface area contributed by atoms with Crippen molar-refractivity contribution in [3.8, 4) is 0 Å². The van der Waals surface area contributed by atoms with Crippen LogP contribution in [0, 0.1) is 5.41 Å². The second-order valence-corrected chi connectivity index (χ2v) is 4.19. The van der Waals surface area contributed by atoms with Crippen molar-refractivity contribution in [1.29, 1.82) is 0 Å². The molecule has 1 rings (SSSR count). The molecule has 1 heterocycles. The molecule has 0 aliphatic rings. The molecule has 0 spiro atoms. The molecule has 0 atom stereocenters. The van der Waals surface area contributed by atoms with E-state index in [0.717, 1.165) is 5.69 Å². The van der Waals surface area contributed by atoms with Gasteiger partial charge in [-0.25, -0.2) is 0 Å². The van der Waals surface area contributed by atoms with Crippen molar-refractivity contribution >= 4 is 5.97 Å². The fourth-order valence-corrected chi connectivity index (χ4v) is 1.28. The van der Waals surface area contributed by atoms with Crippen LogP contribution in [0.25, 0.3) is 0 Å². The van der Waals surface area contributed by atoms with Gasteiger partial charge in [-0.3, -0.25) is 4.79 Å². The van der Waals surface area contributed by atoms with Gasteiger partial charge < -0.3 is 10.1 Å². The predicted octanol–water partition coefficient (Wildman–Crippen LogP) is 0.765. The largest absolute Gasteiger partial charge is 0.469 e. The number of nitrogens with one attached hydrogen (secondary N) is 1. The third-order valence-electron chi connectivity index (χ3n) is 2.24. The minimum atomic E-state index is -0.531. The molecule has 0 aliphatic carbocycles. The van der Waals surface area contributed by atoms with Gasteiger partial charge in [0.05, 0.1) is 18.2 Å². The average Bonchev–Trinajstić information content (AvgIpc) is 2.29. The van der Waals surface area contributed by atoms with Crippen LogP contribution in [-0.2, 0) is 16.1 Å². The molecule has 0 bridgehead atoms. The topological polar surface area (TPSA) is 64.1 Å². The van der Waals surface area contributed by atoms with Gasteiger partial charge in [0.15, 0.2) is 0 Å². The molecule has 0 radical (unpaired) electrons. The predicted molar refractivity (Wildman–Crippen MR) is 59.5 cm³/mol. The highest BCUT2D eigenvalue weighted by atomic mass is 16.5. The zero-order chi connectivity index (χ0) is 12.0. The Hall–Kier alpha value is -1.49. The summed E-state index contributed by atoms with van der Waals surface area (Å²) in [5.74, 6) is -0.223. The highest BCUT2D eigenvalue weighted by Gasteiger charge is 2.27. The lowest BCUT2D eigenvalue weighted by atomic mass is 9.94. The monoisotopic (exact) mass is 223 g/mol. The lowest BCUT2D eigenvalue weighted by Gasteiger charge is -2.21. The van der Waals surface area contributed by atoms with E-state index in [1.165, 1.54) is 7.11 Å². The molecule has 16 heavy (non-hydrogen) atoms. The molecule has 0 amide bonds. The number of ether oxygens (including phenoxy) is 1. The number of aromatic nitrogens is 2. The number of hydrogen-bond donors (Lipinski definition) is 1. The summed E-state index contributed by atoms with van der Waals surface area (Å²) < 4.78 is 4.71. The third-order valence-corrected chi connectivity index (χ3v) is 2.24. The highest BCUT2D eigenvalue weighted by Crippen LogP contribution is 2.15. The molecule has 1 aromatic rings. The van der Waals surface area contributed by atoms with Crippen LogP contribution in [0.4, 0.5) is 0 Å². The van der Waals surface area contributed by atoms with Gasteiger partial charge >= 0.3 is 5.97 Å². The maximum atomic E-state index is 11.4. The number of esters is 1. The van der Waals surface area contributed by atoms with Gasteiger partial charge in [0, 0.05) is 19.3 Å². The standard InChI is InChI=1S/C11H17N3O2/c1-11(2,10(15)16-3)8-12-7-9-5-4-6-13-14-9/h4-6,12H,7-8H2,1-3H3. The minimum absolute atomic E-state index is 0.223. The number of hydrogen-bond acceptors (Lipinski definition) is 5. The summed E-state index contributed by atoms with van der Waals surface area (Å²) in [4.78, 5) is 11.4. The minimum Gasteiger partial charge on any atom is -0.469 e. The first-order valence-corrected chi connectivity index (χ1v) is 5.12. The van der Waals surface area contributed by atoms with Crippen molar-refractivity contribution < 1.29 is 9.53 Å². The fourth-order valence-electron chi connectivity index (χ4n) is 1.28. The molecular weight excluding hydrogens is 206 g/mol. The average molecular weight is 223 g/mol. The van der Waals surface area contributed by atoms with Crippen molar-refractivity contribution in [3.63, 3.8) is 0 Å². The van der Waals surface area contributed by atoms with Gasteiger partial charge in [-0.2, -0.15) is 10.2 Å². The molecule has 1 aromatic heterocycles. The summed E-state index contributed by atoms with van der Waals surface area (Å²) in [6, 6.07) is 3.71. The third kappa shape index (κ3) is 3.58. The molecule has 5 heteroatoms. The second-order valence-electron chi connectivity index (χ2n) is 4.19. The summed E-state index contributed by atoms with van der Waals surface area (Å²) in [6.07, 6.45) is 1.63. The molecular formula is C11H17N3O2. The quantitative estimate of drug-likeness (QED) is 0.747. The Morgan fingerprint density at radius 2 is 2.31 bits per heavy atom. The smallest absolute Gasteiger partial charge is 0.312 e. The van der Waals surface area contributed by atoms with Crippen LogP contribution < -0.4 is 5.32 Å². The normalized spacial score (nSPS) is 11.2. The number of carbonyl (C=O) groups is 1. The van der Waals surface area contributed by atoms with Crippen LogP contribution in [0.5, 0.6) is 0 Å². The molecule has 0 saturated heterocycles. The zero-order valence-corrected chi connectivity index (χ0v) is 9.86. The zero-order valence-electron chi connectivity index (χ0n) is 9.86. The number of nitrogens with zero attached hydrogens (tertiary/aromatic N) is 2. The Morgan fingerprint density at radius 3 is 2.88 bits per heavy atom. The van der Waals surface area contributed by atoms with E-state index in [1.54, 1.807) is 6.20 Å². The van der Waals surface area contributed by atoms with Gasteiger partial charge in [0.2, 0.25) is 0 Å². The summed E-state index contributed by atoms with van der Waals surface area (Å²) in [5.41, 5.74) is 0.319. The maximum Gasteiger partial charge on any atom is 0.312 e. The summed E-state index contributed by atoms with van der Waals surface area (Å²) >= 11 is 0. The first-order chi connectivity index (χ1) is 7.56. The lowest BCUT2D eigenvalue weighted by Crippen LogP contribution is -2.36. The van der Waals surface area contributed by atoms with Crippen LogP contribution >= 0.6 is 0 Å². The summed E-state index contributed by atoms with van der Waals surface area (Å²) in [6.45, 7) is 4.80. The molecule has 1 N–H and O–H groups in total. The van der Waals surface area contributed by atoms with E-state index in [0.29, 0.717) is 13.1 Å². The van der Waals surface area contributed by atoms with E-state index in [-0.39, 0.29) is 5.97 Å². The molecule has 0 aromatic carbocycles. The molecule has 5 nitrogen and oxygen atoms in total. The first kappa shape index (κ1) is 12.6. The number of rotatable bonds is 5. The van der Waals surface area contributed by atoms with Gasteiger partial charge in [-0.15, -0.1) is 0 Å². The molecule has 88 valence electrons. The SMILES string of the molecule is COC(=O)C(C)(C)CNCc1cccnn1. The summed E-state index contributed by atoms with van der Waals surface area (Å²) in [5, 5.41) is 10.9. The van der Waals surface area contributed by atoms with E-state index >= 15 is 0 Å². The first-order valence-electron chi connectivity index (χ1n) is 5.12. The van der Waals surface area contributed by atoms with Crippen molar-refractivity contribution in [1.82, 2.24) is 15.5 Å². The Kier molecular flexibility index (Phi) is 4.37. The van der Waals surface area contributed by atoms with Crippen LogP contribution in [0.15, 0.2) is 18.3 Å². The maximum absolute atomic E-state index is 11.4. The Bertz CT molecular complexity index is 338. The van der Waals surface area contributed by atoms with Gasteiger partial charge in [0.25, 0.3) is 0 Å². The lowest BCUT2D eigenvalue weighted by molar-refractivity contribution is -0.150. The van der Waals surface area contributed by atoms with Gasteiger partial charge in [-0.1, -0.05) is 0 Å². The number of methoxy groups -OCH3 is 1. The summed E-state index contributed by atoms with van der Waals surface area (Å²) in [7, 11) is 1.40. The highest BCUT2D eigenvalue weighted by molar-refractivity contribution is 5.76. The van der Waals surface area contributed by atoms with E-state index in [9.17, 15) is 4.79 Å². The molecule has 0 fully saturated rings. The van der Waals surface area contributed by atoms with Crippen molar-refractivity contribution in [2.24, 2.45) is 5.41 Å². The van der Waals surface area contributed by atoms with E-state index in [1.807, 2.05) is 26.0 Å². The van der Waals surface area contributed by atoms with Crippen molar-refractivity contribution in [2.75, 3.05) is 13.7 Å². The van der Waals surface area contributed by atoms with Crippen LogP contribution in [0.2, 0.25) is 0 Å². The number of carbonyl (C=O) groups excluding carboxylic acids is 1. The molecule has 0 unspecified atom stereocenters. The molecule has 0 saturated carbocycles. The second kappa shape index (κ2) is 5.55. The molecule has 0 aliphatic heterocycles. The Morgan fingerprint density at radius 1 is 1.56 bits per heavy atom. The van der Waals surface area contributed by atoms with Crippen LogP contribution in [-0.4, -0.2) is 29.8 Å². The van der Waals surface area contributed by atoms with E-state index < -0.39 is 5.41 Å². The van der Waals surface area contributed by atoms with Crippen LogP contribution in [0.3, 0.4) is 0 Å². The van der Waals surface area contributed by atoms with Crippen LogP contribution in [0.1, 0.15) is 19.5 Å². The Balaban J connectivity index is 2.38. The van der Waals surface area contributed by atoms with Crippen molar-refractivity contribution in [3.05, 3.63) is 24.0 Å².